The molecule has 1 aromatic rings. The molecule has 0 bridgehead atoms. The molecule has 0 aliphatic heterocycles. The molecule has 1 heterocycles. The van der Waals surface area contributed by atoms with Crippen molar-refractivity contribution in [3.8, 4) is 0 Å². The number of aromatic carboxylic acids is 1. The molecule has 8 heteroatoms. The number of aromatic nitrogens is 2. The number of aryl methyl sites for hydroxylation is 1. The Balaban J connectivity index is 2.65. The maximum absolute atomic E-state index is 11.4. The maximum Gasteiger partial charge on any atom is 0.340 e. The Kier molecular flexibility index (Phi) is 6.20. The lowest BCUT2D eigenvalue weighted by Crippen LogP contribution is -2.31. The predicted molar refractivity (Wildman–Crippen MR) is 72.2 cm³/mol. The normalized spacial score (nSPS) is 10.2. The van der Waals surface area contributed by atoms with Crippen molar-refractivity contribution >= 4 is 23.9 Å². The van der Waals surface area contributed by atoms with Gasteiger partial charge in [0.15, 0.2) is 5.03 Å². The van der Waals surface area contributed by atoms with E-state index in [1.807, 2.05) is 13.8 Å². The number of nitrogens with one attached hydrogen (secondary N) is 2. The molecule has 0 aliphatic rings. The molecule has 0 aromatic carbocycles. The number of carbonyl (C=O) groups is 2. The van der Waals surface area contributed by atoms with Crippen LogP contribution in [0.1, 0.15) is 37.0 Å². The summed E-state index contributed by atoms with van der Waals surface area (Å²) < 4.78 is 4.08. The number of carbonyl (C=O) groups excluding carboxylic acids is 1. The van der Waals surface area contributed by atoms with Crippen LogP contribution in [0.5, 0.6) is 0 Å². The van der Waals surface area contributed by atoms with Crippen molar-refractivity contribution in [2.24, 2.45) is 0 Å². The minimum absolute atomic E-state index is 0.0919. The van der Waals surface area contributed by atoms with Crippen molar-refractivity contribution in [1.82, 2.24) is 19.8 Å². The summed E-state index contributed by atoms with van der Waals surface area (Å²) >= 11 is 0.906. The third-order valence-corrected chi connectivity index (χ3v) is 2.97. The third kappa shape index (κ3) is 4.82. The predicted octanol–water partition coefficient (Wildman–Crippen LogP) is 1.71. The van der Waals surface area contributed by atoms with Crippen molar-refractivity contribution in [3.63, 3.8) is 0 Å². The topological polar surface area (TPSA) is 96.3 Å². The molecule has 0 spiro atoms. The quantitative estimate of drug-likeness (QED) is 0.663. The average Bonchev–Trinajstić information content (AvgIpc) is 2.77. The van der Waals surface area contributed by atoms with Crippen molar-refractivity contribution < 1.29 is 14.7 Å². The van der Waals surface area contributed by atoms with Gasteiger partial charge in [0.05, 0.1) is 0 Å². The first-order valence-electron chi connectivity index (χ1n) is 6.09. The van der Waals surface area contributed by atoms with Crippen molar-refractivity contribution in [2.75, 3.05) is 6.54 Å². The fourth-order valence-electron chi connectivity index (χ4n) is 1.34. The van der Waals surface area contributed by atoms with Gasteiger partial charge in [-0.1, -0.05) is 13.8 Å². The number of hydrogen-bond donors (Lipinski definition) is 3. The summed E-state index contributed by atoms with van der Waals surface area (Å²) in [7, 11) is 0. The SMILES string of the molecule is CCCNC(=O)NSc1nn(CCC)cc1C(=O)O. The molecule has 7 nitrogen and oxygen atoms in total. The number of amides is 2. The van der Waals surface area contributed by atoms with Gasteiger partial charge in [-0.25, -0.2) is 9.59 Å². The molecule has 0 radical (unpaired) electrons. The molecule has 1 aromatic heterocycles. The highest BCUT2D eigenvalue weighted by molar-refractivity contribution is 7.98. The van der Waals surface area contributed by atoms with Crippen LogP contribution in [0.25, 0.3) is 0 Å². The molecule has 0 fully saturated rings. The summed E-state index contributed by atoms with van der Waals surface area (Å²) in [5.74, 6) is -1.05. The molecule has 0 saturated heterocycles. The lowest BCUT2D eigenvalue weighted by Gasteiger charge is -2.04. The van der Waals surface area contributed by atoms with Gasteiger partial charge in [0, 0.05) is 31.2 Å². The molecular formula is C11H18N4O3S. The lowest BCUT2D eigenvalue weighted by atomic mass is 10.4. The highest BCUT2D eigenvalue weighted by Crippen LogP contribution is 2.18. The molecule has 0 aliphatic carbocycles. The van der Waals surface area contributed by atoms with Crippen LogP contribution < -0.4 is 10.0 Å². The van der Waals surface area contributed by atoms with E-state index < -0.39 is 5.97 Å². The Hall–Kier alpha value is -1.70. The van der Waals surface area contributed by atoms with E-state index in [2.05, 4.69) is 15.1 Å². The first kappa shape index (κ1) is 15.4. The fraction of sp³-hybridized carbons (Fsp3) is 0.545. The second-order valence-electron chi connectivity index (χ2n) is 3.88. The van der Waals surface area contributed by atoms with Gasteiger partial charge in [-0.05, 0) is 12.8 Å². The van der Waals surface area contributed by atoms with Gasteiger partial charge in [0.1, 0.15) is 5.56 Å². The van der Waals surface area contributed by atoms with Gasteiger partial charge in [-0.3, -0.25) is 9.40 Å². The number of carboxylic acid groups (broad SMARTS) is 1. The standard InChI is InChI=1S/C11H18N4O3S/c1-3-5-12-11(18)14-19-9-8(10(16)17)7-15(13-9)6-4-2/h7H,3-6H2,1-2H3,(H,16,17)(H2,12,14,18). The Morgan fingerprint density at radius 1 is 1.42 bits per heavy atom. The summed E-state index contributed by atoms with van der Waals surface area (Å²) in [6, 6.07) is -0.353. The first-order valence-corrected chi connectivity index (χ1v) is 6.91. The number of urea groups is 1. The minimum Gasteiger partial charge on any atom is -0.478 e. The monoisotopic (exact) mass is 286 g/mol. The van der Waals surface area contributed by atoms with Crippen LogP contribution in [0, 0.1) is 0 Å². The van der Waals surface area contributed by atoms with Crippen molar-refractivity contribution in [1.29, 1.82) is 0 Å². The molecular weight excluding hydrogens is 268 g/mol. The highest BCUT2D eigenvalue weighted by atomic mass is 32.2. The molecule has 1 rings (SSSR count). The van der Waals surface area contributed by atoms with Gasteiger partial charge in [0.2, 0.25) is 0 Å². The zero-order chi connectivity index (χ0) is 14.3. The van der Waals surface area contributed by atoms with Crippen molar-refractivity contribution in [3.05, 3.63) is 11.8 Å². The summed E-state index contributed by atoms with van der Waals surface area (Å²) in [5, 5.41) is 16.1. The van der Waals surface area contributed by atoms with Crippen molar-refractivity contribution in [2.45, 2.75) is 38.3 Å². The van der Waals surface area contributed by atoms with E-state index in [0.717, 1.165) is 24.8 Å². The van der Waals surface area contributed by atoms with Crippen LogP contribution >= 0.6 is 11.9 Å². The van der Waals surface area contributed by atoms with Gasteiger partial charge < -0.3 is 10.4 Å². The molecule has 2 amide bonds. The fourth-order valence-corrected chi connectivity index (χ4v) is 2.00. The van der Waals surface area contributed by atoms with E-state index in [-0.39, 0.29) is 16.6 Å². The third-order valence-electron chi connectivity index (χ3n) is 2.19. The summed E-state index contributed by atoms with van der Waals surface area (Å²) in [4.78, 5) is 22.4. The molecule has 0 saturated carbocycles. The van der Waals surface area contributed by atoms with E-state index in [4.69, 9.17) is 5.11 Å². The van der Waals surface area contributed by atoms with E-state index in [1.54, 1.807) is 4.68 Å². The van der Waals surface area contributed by atoms with Crippen LogP contribution in [0.4, 0.5) is 4.79 Å². The van der Waals surface area contributed by atoms with Crippen LogP contribution in [0.2, 0.25) is 0 Å². The Morgan fingerprint density at radius 3 is 2.74 bits per heavy atom. The Morgan fingerprint density at radius 2 is 2.16 bits per heavy atom. The van der Waals surface area contributed by atoms with E-state index >= 15 is 0 Å². The number of rotatable bonds is 7. The summed E-state index contributed by atoms with van der Waals surface area (Å²) in [6.45, 7) is 5.14. The van der Waals surface area contributed by atoms with E-state index in [9.17, 15) is 9.59 Å². The number of hydrogen-bond acceptors (Lipinski definition) is 4. The smallest absolute Gasteiger partial charge is 0.340 e. The largest absolute Gasteiger partial charge is 0.478 e. The Labute approximate surface area is 115 Å². The van der Waals surface area contributed by atoms with Crippen LogP contribution in [0.15, 0.2) is 11.2 Å². The number of nitrogens with zero attached hydrogens (tertiary/aromatic N) is 2. The average molecular weight is 286 g/mol. The minimum atomic E-state index is -1.05. The molecule has 3 N–H and O–H groups in total. The van der Waals surface area contributed by atoms with Crippen LogP contribution in [-0.4, -0.2) is 33.4 Å². The lowest BCUT2D eigenvalue weighted by molar-refractivity contribution is 0.0693. The second kappa shape index (κ2) is 7.67. The van der Waals surface area contributed by atoms with Crippen LogP contribution in [-0.2, 0) is 6.54 Å². The van der Waals surface area contributed by atoms with E-state index in [0.29, 0.717) is 13.1 Å². The molecule has 0 unspecified atom stereocenters. The second-order valence-corrected chi connectivity index (χ2v) is 4.67. The molecule has 0 atom stereocenters. The zero-order valence-electron chi connectivity index (χ0n) is 11.0. The molecule has 106 valence electrons. The molecule has 19 heavy (non-hydrogen) atoms. The van der Waals surface area contributed by atoms with Crippen LogP contribution in [0.3, 0.4) is 0 Å². The first-order chi connectivity index (χ1) is 9.08. The van der Waals surface area contributed by atoms with Gasteiger partial charge in [-0.15, -0.1) is 0 Å². The summed E-state index contributed by atoms with van der Waals surface area (Å²) in [5.41, 5.74) is 0.0919. The van der Waals surface area contributed by atoms with Gasteiger partial charge >= 0.3 is 12.0 Å². The Bertz CT molecular complexity index is 447. The zero-order valence-corrected chi connectivity index (χ0v) is 11.8. The number of carboxylic acids is 1. The highest BCUT2D eigenvalue weighted by Gasteiger charge is 2.16. The van der Waals surface area contributed by atoms with Gasteiger partial charge in [-0.2, -0.15) is 5.10 Å². The summed E-state index contributed by atoms with van der Waals surface area (Å²) in [6.07, 6.45) is 3.17. The van der Waals surface area contributed by atoms with Gasteiger partial charge in [0.25, 0.3) is 0 Å². The maximum atomic E-state index is 11.4. The van der Waals surface area contributed by atoms with E-state index in [1.165, 1.54) is 6.20 Å².